The van der Waals surface area contributed by atoms with Gasteiger partial charge in [0.2, 0.25) is 0 Å². The zero-order valence-corrected chi connectivity index (χ0v) is 23.0. The number of aromatic nitrogens is 1. The van der Waals surface area contributed by atoms with Gasteiger partial charge in [-0.3, -0.25) is 9.78 Å². The molecule has 0 amide bonds. The molecule has 0 spiro atoms. The molecule has 1 aliphatic heterocycles. The van der Waals surface area contributed by atoms with E-state index in [0.29, 0.717) is 83.2 Å². The number of rotatable bonds is 11. The molecule has 0 aliphatic carbocycles. The second-order valence-corrected chi connectivity index (χ2v) is 11.5. The highest BCUT2D eigenvalue weighted by molar-refractivity contribution is 7.99. The number of aliphatic hydroxyl groups excluding tert-OH is 1. The molecule has 210 valence electrons. The molecule has 2 N–H and O–H groups in total. The van der Waals surface area contributed by atoms with Crippen molar-refractivity contribution in [1.82, 2.24) is 9.88 Å². The van der Waals surface area contributed by atoms with Crippen molar-refractivity contribution in [3.8, 4) is 5.75 Å². The Morgan fingerprint density at radius 2 is 1.90 bits per heavy atom. The van der Waals surface area contributed by atoms with Crippen LogP contribution in [0.5, 0.6) is 5.75 Å². The van der Waals surface area contributed by atoms with Crippen LogP contribution in [0.15, 0.2) is 41.4 Å². The smallest absolute Gasteiger partial charge is 0.303 e. The summed E-state index contributed by atoms with van der Waals surface area (Å²) in [6, 6.07) is 7.33. The Bertz CT molecular complexity index is 1310. The van der Waals surface area contributed by atoms with Crippen LogP contribution in [0, 0.1) is 22.9 Å². The first-order valence-electron chi connectivity index (χ1n) is 12.6. The lowest BCUT2D eigenvalue weighted by molar-refractivity contribution is -0.141. The van der Waals surface area contributed by atoms with Crippen LogP contribution < -0.4 is 4.74 Å². The number of methoxy groups -OCH3 is 1. The van der Waals surface area contributed by atoms with Crippen molar-refractivity contribution in [3.63, 3.8) is 0 Å². The summed E-state index contributed by atoms with van der Waals surface area (Å²) in [6.07, 6.45) is 2.70. The fraction of sp³-hybridized carbons (Fsp3) is 0.429. The second-order valence-electron chi connectivity index (χ2n) is 9.92. The normalized spacial score (nSPS) is 16.4. The highest BCUT2D eigenvalue weighted by Crippen LogP contribution is 2.43. The molecule has 4 rings (SSSR count). The van der Waals surface area contributed by atoms with Crippen LogP contribution in [0.2, 0.25) is 5.02 Å². The quantitative estimate of drug-likeness (QED) is 0.198. The standard InChI is InChI=1S/C28H30ClF3N2O4S/c1-38-17-2-3-23-19(12-17)26(20(29)16-33-23)24(35)4-5-28(15-25(36)37)6-8-34(9-7-28)10-11-39-18-13-21(30)27(32)22(31)14-18/h2-3,12-14,16,24,35H,4-11,15H2,1H3,(H,36,37)/t24-/m1/s1. The predicted octanol–water partition coefficient (Wildman–Crippen LogP) is 6.48. The number of hydrogen-bond donors (Lipinski definition) is 2. The van der Waals surface area contributed by atoms with Gasteiger partial charge in [0.15, 0.2) is 17.5 Å². The highest BCUT2D eigenvalue weighted by Gasteiger charge is 2.37. The lowest BCUT2D eigenvalue weighted by Crippen LogP contribution is -2.42. The molecule has 3 aromatic rings. The van der Waals surface area contributed by atoms with Crippen molar-refractivity contribution in [1.29, 1.82) is 0 Å². The third-order valence-corrected chi connectivity index (χ3v) is 8.68. The number of fused-ring (bicyclic) bond motifs is 1. The number of nitrogens with zero attached hydrogens (tertiary/aromatic N) is 2. The molecule has 1 aromatic heterocycles. The average Bonchev–Trinajstić information content (AvgIpc) is 2.90. The number of aliphatic hydroxyl groups is 1. The Kier molecular flexibility index (Phi) is 9.64. The number of ether oxygens (including phenoxy) is 1. The van der Waals surface area contributed by atoms with Crippen LogP contribution in [-0.4, -0.2) is 58.6 Å². The molecule has 1 aliphatic rings. The molecule has 0 bridgehead atoms. The van der Waals surface area contributed by atoms with E-state index >= 15 is 0 Å². The number of aliphatic carboxylic acids is 1. The van der Waals surface area contributed by atoms with E-state index in [1.54, 1.807) is 25.3 Å². The van der Waals surface area contributed by atoms with Gasteiger partial charge < -0.3 is 19.8 Å². The van der Waals surface area contributed by atoms with Crippen LogP contribution in [0.3, 0.4) is 0 Å². The molecule has 1 atom stereocenters. The largest absolute Gasteiger partial charge is 0.497 e. The predicted molar refractivity (Wildman–Crippen MR) is 145 cm³/mol. The van der Waals surface area contributed by atoms with Gasteiger partial charge in [0, 0.05) is 34.3 Å². The molecule has 11 heteroatoms. The molecule has 6 nitrogen and oxygen atoms in total. The summed E-state index contributed by atoms with van der Waals surface area (Å²) in [5, 5.41) is 21.9. The molecule has 0 unspecified atom stereocenters. The van der Waals surface area contributed by atoms with Crippen molar-refractivity contribution in [2.24, 2.45) is 5.41 Å². The third-order valence-electron chi connectivity index (χ3n) is 7.43. The lowest BCUT2D eigenvalue weighted by atomic mass is 9.71. The van der Waals surface area contributed by atoms with Gasteiger partial charge in [-0.1, -0.05) is 11.6 Å². The average molecular weight is 583 g/mol. The topological polar surface area (TPSA) is 82.9 Å². The Hall–Kier alpha value is -2.53. The van der Waals surface area contributed by atoms with Crippen LogP contribution in [0.4, 0.5) is 13.2 Å². The molecular weight excluding hydrogens is 553 g/mol. The summed E-state index contributed by atoms with van der Waals surface area (Å²) < 4.78 is 45.4. The first-order chi connectivity index (χ1) is 18.6. The molecule has 39 heavy (non-hydrogen) atoms. The maximum atomic E-state index is 13.5. The van der Waals surface area contributed by atoms with Crippen molar-refractivity contribution >= 4 is 40.2 Å². The van der Waals surface area contributed by atoms with Crippen LogP contribution in [0.25, 0.3) is 10.9 Å². The van der Waals surface area contributed by atoms with E-state index in [2.05, 4.69) is 9.88 Å². The Labute approximate surface area is 234 Å². The first-order valence-corrected chi connectivity index (χ1v) is 14.0. The minimum Gasteiger partial charge on any atom is -0.497 e. The number of thioether (sulfide) groups is 1. The first kappa shape index (κ1) is 29.5. The number of carboxylic acids is 1. The maximum absolute atomic E-state index is 13.5. The zero-order chi connectivity index (χ0) is 28.2. The fourth-order valence-electron chi connectivity index (χ4n) is 5.22. The van der Waals surface area contributed by atoms with Gasteiger partial charge in [0.1, 0.15) is 5.75 Å². The molecule has 1 fully saturated rings. The summed E-state index contributed by atoms with van der Waals surface area (Å²) in [5.74, 6) is -3.62. The van der Waals surface area contributed by atoms with E-state index < -0.39 is 34.9 Å². The number of benzene rings is 2. The number of carbonyl (C=O) groups is 1. The van der Waals surface area contributed by atoms with Gasteiger partial charge in [0.25, 0.3) is 0 Å². The number of likely N-dealkylation sites (tertiary alicyclic amines) is 1. The van der Waals surface area contributed by atoms with Gasteiger partial charge in [-0.05, 0) is 74.5 Å². The third kappa shape index (κ3) is 7.16. The van der Waals surface area contributed by atoms with Gasteiger partial charge in [-0.2, -0.15) is 0 Å². The summed E-state index contributed by atoms with van der Waals surface area (Å²) >= 11 is 7.68. The second kappa shape index (κ2) is 12.8. The van der Waals surface area contributed by atoms with Gasteiger partial charge >= 0.3 is 5.97 Å². The van der Waals surface area contributed by atoms with Gasteiger partial charge in [0.05, 0.1) is 30.2 Å². The van der Waals surface area contributed by atoms with E-state index in [0.717, 1.165) is 12.1 Å². The summed E-state index contributed by atoms with van der Waals surface area (Å²) in [6.45, 7) is 1.95. The van der Waals surface area contributed by atoms with Crippen LogP contribution in [0.1, 0.15) is 43.8 Å². The maximum Gasteiger partial charge on any atom is 0.303 e. The van der Waals surface area contributed by atoms with E-state index in [4.69, 9.17) is 16.3 Å². The monoisotopic (exact) mass is 582 g/mol. The summed E-state index contributed by atoms with van der Waals surface area (Å²) in [7, 11) is 1.55. The van der Waals surface area contributed by atoms with Crippen LogP contribution >= 0.6 is 23.4 Å². The summed E-state index contributed by atoms with van der Waals surface area (Å²) in [4.78, 5) is 18.6. The van der Waals surface area contributed by atoms with Crippen molar-refractivity contribution in [3.05, 3.63) is 64.6 Å². The zero-order valence-electron chi connectivity index (χ0n) is 21.4. The van der Waals surface area contributed by atoms with Crippen molar-refractivity contribution in [2.75, 3.05) is 32.5 Å². The molecule has 0 radical (unpaired) electrons. The SMILES string of the molecule is COc1ccc2ncc(Cl)c([C@H](O)CCC3(CC(=O)O)CCN(CCSc4cc(F)c(F)c(F)c4)CC3)c2c1. The van der Waals surface area contributed by atoms with Crippen LogP contribution in [-0.2, 0) is 4.79 Å². The lowest BCUT2D eigenvalue weighted by Gasteiger charge is -2.41. The number of pyridine rings is 1. The minimum absolute atomic E-state index is 0.00487. The van der Waals surface area contributed by atoms with E-state index in [-0.39, 0.29) is 6.42 Å². The molecule has 0 saturated carbocycles. The minimum atomic E-state index is -1.48. The Balaban J connectivity index is 1.38. The van der Waals surface area contributed by atoms with Gasteiger partial charge in [-0.25, -0.2) is 13.2 Å². The molecule has 2 heterocycles. The van der Waals surface area contributed by atoms with Crippen molar-refractivity contribution < 1.29 is 32.9 Å². The number of halogens is 4. The van der Waals surface area contributed by atoms with E-state index in [1.165, 1.54) is 18.0 Å². The Morgan fingerprint density at radius 3 is 2.54 bits per heavy atom. The number of hydrogen-bond acceptors (Lipinski definition) is 6. The van der Waals surface area contributed by atoms with Gasteiger partial charge in [-0.15, -0.1) is 11.8 Å². The Morgan fingerprint density at radius 1 is 1.21 bits per heavy atom. The van der Waals surface area contributed by atoms with Crippen molar-refractivity contribution in [2.45, 2.75) is 43.1 Å². The molecular formula is C28H30ClF3N2O4S. The van der Waals surface area contributed by atoms with E-state index in [9.17, 15) is 28.2 Å². The van der Waals surface area contributed by atoms with E-state index in [1.807, 2.05) is 0 Å². The number of carboxylic acid groups (broad SMARTS) is 1. The molecule has 1 saturated heterocycles. The number of piperidine rings is 1. The highest BCUT2D eigenvalue weighted by atomic mass is 35.5. The fourth-order valence-corrected chi connectivity index (χ4v) is 6.45. The molecule has 2 aromatic carbocycles. The summed E-state index contributed by atoms with van der Waals surface area (Å²) in [5.41, 5.74) is 0.744.